The van der Waals surface area contributed by atoms with Crippen LogP contribution in [-0.2, 0) is 16.1 Å². The van der Waals surface area contributed by atoms with E-state index in [9.17, 15) is 14.4 Å². The van der Waals surface area contributed by atoms with Crippen molar-refractivity contribution in [3.8, 4) is 5.69 Å². The van der Waals surface area contributed by atoms with Gasteiger partial charge < -0.3 is 25.8 Å². The van der Waals surface area contributed by atoms with E-state index in [0.29, 0.717) is 30.0 Å². The number of alkyl carbamates (subject to hydrolysis) is 1. The Bertz CT molecular complexity index is 1400. The molecule has 0 unspecified atom stereocenters. The summed E-state index contributed by atoms with van der Waals surface area (Å²) in [6, 6.07) is 5.10. The third kappa shape index (κ3) is 7.20. The minimum Gasteiger partial charge on any atom is -0.444 e. The van der Waals surface area contributed by atoms with Gasteiger partial charge in [0, 0.05) is 13.3 Å². The van der Waals surface area contributed by atoms with Crippen molar-refractivity contribution in [1.82, 2.24) is 19.9 Å². The summed E-state index contributed by atoms with van der Waals surface area (Å²) in [5, 5.41) is 5.50. The zero-order valence-corrected chi connectivity index (χ0v) is 23.4. The predicted octanol–water partition coefficient (Wildman–Crippen LogP) is 4.20. The molecule has 39 heavy (non-hydrogen) atoms. The molecule has 0 aliphatic rings. The Kier molecular flexibility index (Phi) is 9.08. The van der Waals surface area contributed by atoms with Crippen LogP contribution in [0.2, 0.25) is 0 Å². The fourth-order valence-electron chi connectivity index (χ4n) is 4.30. The first-order valence-electron chi connectivity index (χ1n) is 12.6. The molecule has 0 aliphatic carbocycles. The molecule has 0 radical (unpaired) electrons. The molecule has 0 spiro atoms. The Labute approximate surface area is 227 Å². The van der Waals surface area contributed by atoms with Gasteiger partial charge in [0.15, 0.2) is 0 Å². The molecule has 3 rings (SSSR count). The number of amides is 2. The highest BCUT2D eigenvalue weighted by atomic mass is 16.6. The zero-order chi connectivity index (χ0) is 28.9. The monoisotopic (exact) mass is 536 g/mol. The van der Waals surface area contributed by atoms with Gasteiger partial charge in [-0.05, 0) is 69.4 Å². The van der Waals surface area contributed by atoms with Crippen molar-refractivity contribution in [1.29, 1.82) is 0 Å². The van der Waals surface area contributed by atoms with E-state index in [1.807, 2.05) is 32.9 Å². The molecule has 0 saturated heterocycles. The fourth-order valence-corrected chi connectivity index (χ4v) is 4.30. The molecule has 2 aromatic heterocycles. The van der Waals surface area contributed by atoms with Gasteiger partial charge in [0.05, 0.1) is 30.2 Å². The molecular formula is C28H36N6O5. The minimum absolute atomic E-state index is 0.192. The number of aryl methyl sites for hydroxylation is 2. The van der Waals surface area contributed by atoms with E-state index in [-0.39, 0.29) is 11.4 Å². The molecule has 11 nitrogen and oxygen atoms in total. The van der Waals surface area contributed by atoms with Crippen LogP contribution in [0.1, 0.15) is 72.8 Å². The first kappa shape index (κ1) is 29.3. The van der Waals surface area contributed by atoms with Crippen LogP contribution in [0.15, 0.2) is 41.7 Å². The number of carbonyl (C=O) groups is 2. The molecule has 2 amide bonds. The quantitative estimate of drug-likeness (QED) is 0.388. The third-order valence-electron chi connectivity index (χ3n) is 5.85. The number of nitrogens with two attached hydrogens (primary N) is 1. The number of hydrogen-bond acceptors (Lipinski definition) is 8. The number of carbonyl (C=O) groups excluding carboxylic acids is 2. The van der Waals surface area contributed by atoms with Crippen molar-refractivity contribution >= 4 is 23.5 Å². The first-order chi connectivity index (χ1) is 18.3. The normalized spacial score (nSPS) is 12.1. The number of nitrogens with one attached hydrogen (secondary N) is 2. The van der Waals surface area contributed by atoms with Gasteiger partial charge in [0.2, 0.25) is 0 Å². The number of ether oxygens (including phenoxy) is 2. The van der Waals surface area contributed by atoms with E-state index >= 15 is 0 Å². The lowest BCUT2D eigenvalue weighted by Crippen LogP contribution is -2.35. The second-order valence-electron chi connectivity index (χ2n) is 10.3. The van der Waals surface area contributed by atoms with Crippen LogP contribution in [0.5, 0.6) is 0 Å². The molecule has 1 atom stereocenters. The summed E-state index contributed by atoms with van der Waals surface area (Å²) < 4.78 is 11.9. The molecule has 0 saturated carbocycles. The zero-order valence-electron chi connectivity index (χ0n) is 23.4. The van der Waals surface area contributed by atoms with Gasteiger partial charge in [-0.2, -0.15) is 0 Å². The average Bonchev–Trinajstić information content (AvgIpc) is 2.83. The molecule has 208 valence electrons. The van der Waals surface area contributed by atoms with Gasteiger partial charge in [0.1, 0.15) is 23.3 Å². The average molecular weight is 537 g/mol. The van der Waals surface area contributed by atoms with Crippen LogP contribution in [0.4, 0.5) is 16.3 Å². The van der Waals surface area contributed by atoms with Crippen LogP contribution >= 0.6 is 0 Å². The molecule has 0 aliphatic heterocycles. The SMILES string of the molecule is CC[C@@H](NC(=O)OC(C)(C)C)c1cncc(NC(=O)c2c(N)ncn(-c3c(C)cc(COC)cc3C)c2=O)c1. The van der Waals surface area contributed by atoms with E-state index in [1.54, 1.807) is 40.1 Å². The summed E-state index contributed by atoms with van der Waals surface area (Å²) in [5.41, 5.74) is 8.65. The van der Waals surface area contributed by atoms with Crippen LogP contribution in [0.25, 0.3) is 5.69 Å². The smallest absolute Gasteiger partial charge is 0.408 e. The predicted molar refractivity (Wildman–Crippen MR) is 149 cm³/mol. The van der Waals surface area contributed by atoms with Crippen LogP contribution in [0.3, 0.4) is 0 Å². The lowest BCUT2D eigenvalue weighted by molar-refractivity contribution is 0.0502. The molecule has 0 fully saturated rings. The van der Waals surface area contributed by atoms with Gasteiger partial charge in [-0.15, -0.1) is 0 Å². The highest BCUT2D eigenvalue weighted by Gasteiger charge is 2.22. The summed E-state index contributed by atoms with van der Waals surface area (Å²) in [7, 11) is 1.61. The summed E-state index contributed by atoms with van der Waals surface area (Å²) in [6.07, 6.45) is 4.34. The first-order valence-corrected chi connectivity index (χ1v) is 12.6. The maximum Gasteiger partial charge on any atom is 0.408 e. The molecule has 2 heterocycles. The number of benzene rings is 1. The largest absolute Gasteiger partial charge is 0.444 e. The highest BCUT2D eigenvalue weighted by molar-refractivity contribution is 6.06. The number of methoxy groups -OCH3 is 1. The van der Waals surface area contributed by atoms with Gasteiger partial charge in [-0.3, -0.25) is 19.1 Å². The van der Waals surface area contributed by atoms with E-state index in [1.165, 1.54) is 17.1 Å². The standard InChI is InChI=1S/C28H36N6O5/c1-8-21(33-27(37)39-28(4,5)6)19-11-20(13-30-12-19)32-25(35)22-24(29)31-15-34(26(22)36)23-16(2)9-18(14-38-7)10-17(23)3/h9-13,15,21H,8,14,29H2,1-7H3,(H,32,35)(H,33,37)/t21-/m1/s1. The van der Waals surface area contributed by atoms with E-state index in [4.69, 9.17) is 15.2 Å². The van der Waals surface area contributed by atoms with E-state index in [2.05, 4.69) is 20.6 Å². The number of nitrogen functional groups attached to an aromatic ring is 1. The van der Waals surface area contributed by atoms with Gasteiger partial charge in [0.25, 0.3) is 11.5 Å². The summed E-state index contributed by atoms with van der Waals surface area (Å²) >= 11 is 0. The Morgan fingerprint density at radius 1 is 1.13 bits per heavy atom. The second kappa shape index (κ2) is 12.1. The van der Waals surface area contributed by atoms with Crippen LogP contribution < -0.4 is 21.9 Å². The fraction of sp³-hybridized carbons (Fsp3) is 0.393. The van der Waals surface area contributed by atoms with Crippen LogP contribution in [-0.4, -0.2) is 39.2 Å². The summed E-state index contributed by atoms with van der Waals surface area (Å²) in [4.78, 5) is 47.3. The number of anilines is 2. The maximum absolute atomic E-state index is 13.5. The van der Waals surface area contributed by atoms with E-state index in [0.717, 1.165) is 16.7 Å². The number of rotatable bonds is 8. The Hall–Kier alpha value is -4.25. The lowest BCUT2D eigenvalue weighted by Gasteiger charge is -2.23. The summed E-state index contributed by atoms with van der Waals surface area (Å²) in [6.45, 7) is 11.4. The minimum atomic E-state index is -0.724. The van der Waals surface area contributed by atoms with Crippen molar-refractivity contribution in [3.63, 3.8) is 0 Å². The highest BCUT2D eigenvalue weighted by Crippen LogP contribution is 2.23. The third-order valence-corrected chi connectivity index (χ3v) is 5.85. The maximum atomic E-state index is 13.5. The molecule has 4 N–H and O–H groups in total. The number of nitrogens with zero attached hydrogens (tertiary/aromatic N) is 3. The Morgan fingerprint density at radius 3 is 2.38 bits per heavy atom. The number of aromatic nitrogens is 3. The van der Waals surface area contributed by atoms with Crippen molar-refractivity contribution in [3.05, 3.63) is 75.1 Å². The topological polar surface area (TPSA) is 150 Å². The molecule has 3 aromatic rings. The Morgan fingerprint density at radius 2 is 1.79 bits per heavy atom. The van der Waals surface area contributed by atoms with Gasteiger partial charge in [-0.1, -0.05) is 19.1 Å². The van der Waals surface area contributed by atoms with Crippen molar-refractivity contribution in [2.45, 2.75) is 66.2 Å². The second-order valence-corrected chi connectivity index (χ2v) is 10.3. The number of hydrogen-bond donors (Lipinski definition) is 3. The van der Waals surface area contributed by atoms with Gasteiger partial charge in [-0.25, -0.2) is 9.78 Å². The molecule has 1 aromatic carbocycles. The van der Waals surface area contributed by atoms with Crippen molar-refractivity contribution in [2.24, 2.45) is 0 Å². The van der Waals surface area contributed by atoms with Crippen molar-refractivity contribution < 1.29 is 19.1 Å². The van der Waals surface area contributed by atoms with E-state index < -0.39 is 29.2 Å². The number of pyridine rings is 1. The van der Waals surface area contributed by atoms with Crippen molar-refractivity contribution in [2.75, 3.05) is 18.2 Å². The molecule has 11 heteroatoms. The lowest BCUT2D eigenvalue weighted by atomic mass is 10.0. The molecule has 0 bridgehead atoms. The Balaban J connectivity index is 1.90. The van der Waals surface area contributed by atoms with Crippen LogP contribution in [0, 0.1) is 13.8 Å². The summed E-state index contributed by atoms with van der Waals surface area (Å²) in [5.74, 6) is -0.917. The van der Waals surface area contributed by atoms with Gasteiger partial charge >= 0.3 is 6.09 Å². The molecular weight excluding hydrogens is 500 g/mol.